The number of carbonyl (C=O) groups is 1. The van der Waals surface area contributed by atoms with Crippen molar-refractivity contribution in [3.8, 4) is 5.75 Å². The van der Waals surface area contributed by atoms with Crippen LogP contribution in [0.4, 0.5) is 0 Å². The summed E-state index contributed by atoms with van der Waals surface area (Å²) in [4.78, 5) is 12.1. The zero-order chi connectivity index (χ0) is 14.5. The molecule has 4 nitrogen and oxygen atoms in total. The molecule has 5 heteroatoms. The molecule has 1 aliphatic carbocycles. The van der Waals surface area contributed by atoms with Crippen LogP contribution in [0, 0.1) is 5.92 Å². The van der Waals surface area contributed by atoms with Crippen molar-refractivity contribution in [2.75, 3.05) is 6.61 Å². The van der Waals surface area contributed by atoms with Crippen LogP contribution in [0.15, 0.2) is 24.3 Å². The van der Waals surface area contributed by atoms with E-state index in [-0.39, 0.29) is 17.5 Å². The summed E-state index contributed by atoms with van der Waals surface area (Å²) in [7, 11) is 0. The smallest absolute Gasteiger partial charge is 0.258 e. The topological polar surface area (TPSA) is 64.3 Å². The molecule has 108 valence electrons. The van der Waals surface area contributed by atoms with E-state index in [0.717, 1.165) is 12.8 Å². The minimum absolute atomic E-state index is 0.00499. The molecule has 0 bridgehead atoms. The van der Waals surface area contributed by atoms with Crippen LogP contribution in [0.3, 0.4) is 0 Å². The van der Waals surface area contributed by atoms with Crippen molar-refractivity contribution < 1.29 is 9.53 Å². The fourth-order valence-electron chi connectivity index (χ4n) is 2.30. The molecule has 2 unspecified atom stereocenters. The summed E-state index contributed by atoms with van der Waals surface area (Å²) in [6.45, 7) is 2.15. The summed E-state index contributed by atoms with van der Waals surface area (Å²) < 4.78 is 5.50. The molecule has 3 N–H and O–H groups in total. The molecule has 1 amide bonds. The second-order valence-electron chi connectivity index (χ2n) is 5.11. The number of para-hydroxylation sites is 1. The first-order valence-corrected chi connectivity index (χ1v) is 7.33. The molecule has 0 aliphatic heterocycles. The number of rotatable bonds is 7. The third kappa shape index (κ3) is 3.93. The zero-order valence-corrected chi connectivity index (χ0v) is 12.4. The predicted molar refractivity (Wildman–Crippen MR) is 82.8 cm³/mol. The Morgan fingerprint density at radius 3 is 2.95 bits per heavy atom. The summed E-state index contributed by atoms with van der Waals surface area (Å²) in [5.74, 6) is 1.11. The van der Waals surface area contributed by atoms with E-state index in [0.29, 0.717) is 23.3 Å². The molecule has 2 atom stereocenters. The number of carbonyl (C=O) groups excluding carboxylic acids is 1. The van der Waals surface area contributed by atoms with Gasteiger partial charge in [-0.2, -0.15) is 0 Å². The lowest BCUT2D eigenvalue weighted by molar-refractivity contribution is -0.123. The summed E-state index contributed by atoms with van der Waals surface area (Å²) in [6, 6.07) is 7.54. The largest absolute Gasteiger partial charge is 0.483 e. The highest BCUT2D eigenvalue weighted by Crippen LogP contribution is 2.34. The zero-order valence-electron chi connectivity index (χ0n) is 11.6. The van der Waals surface area contributed by atoms with Crippen molar-refractivity contribution in [2.24, 2.45) is 11.7 Å². The van der Waals surface area contributed by atoms with Crippen molar-refractivity contribution in [2.45, 2.75) is 32.2 Å². The van der Waals surface area contributed by atoms with Gasteiger partial charge in [-0.25, -0.2) is 0 Å². The molecular formula is C15H20N2O2S. The average molecular weight is 292 g/mol. The maximum atomic E-state index is 11.8. The molecule has 0 heterocycles. The normalized spacial score (nSPS) is 20.2. The maximum Gasteiger partial charge on any atom is 0.258 e. The molecule has 0 saturated heterocycles. The Labute approximate surface area is 124 Å². The van der Waals surface area contributed by atoms with Crippen molar-refractivity contribution in [3.05, 3.63) is 29.8 Å². The van der Waals surface area contributed by atoms with Gasteiger partial charge in [-0.3, -0.25) is 4.79 Å². The highest BCUT2D eigenvalue weighted by Gasteiger charge is 2.37. The molecule has 1 aliphatic rings. The van der Waals surface area contributed by atoms with Gasteiger partial charge in [0.25, 0.3) is 5.91 Å². The first-order chi connectivity index (χ1) is 9.61. The van der Waals surface area contributed by atoms with Gasteiger partial charge in [-0.15, -0.1) is 0 Å². The number of thiocarbonyl (C=S) groups is 1. The minimum Gasteiger partial charge on any atom is -0.483 e. The number of amides is 1. The second kappa shape index (κ2) is 6.70. The van der Waals surface area contributed by atoms with Crippen molar-refractivity contribution in [1.29, 1.82) is 0 Å². The highest BCUT2D eigenvalue weighted by molar-refractivity contribution is 7.80. The van der Waals surface area contributed by atoms with Crippen LogP contribution in [0.1, 0.15) is 31.7 Å². The van der Waals surface area contributed by atoms with Gasteiger partial charge in [0.1, 0.15) is 10.7 Å². The van der Waals surface area contributed by atoms with Crippen LogP contribution in [0.2, 0.25) is 0 Å². The van der Waals surface area contributed by atoms with Gasteiger partial charge in [-0.1, -0.05) is 37.7 Å². The quantitative estimate of drug-likeness (QED) is 0.755. The number of hydrogen-bond acceptors (Lipinski definition) is 3. The molecule has 0 radical (unpaired) electrons. The predicted octanol–water partition coefficient (Wildman–Crippen LogP) is 2.00. The van der Waals surface area contributed by atoms with E-state index < -0.39 is 0 Å². The number of nitrogens with two attached hydrogens (primary N) is 1. The number of hydrogen-bond donors (Lipinski definition) is 2. The Balaban J connectivity index is 1.81. The van der Waals surface area contributed by atoms with Gasteiger partial charge in [0, 0.05) is 6.04 Å². The van der Waals surface area contributed by atoms with Gasteiger partial charge >= 0.3 is 0 Å². The van der Waals surface area contributed by atoms with Gasteiger partial charge < -0.3 is 15.8 Å². The summed E-state index contributed by atoms with van der Waals surface area (Å²) >= 11 is 4.95. The van der Waals surface area contributed by atoms with E-state index in [1.807, 2.05) is 12.1 Å². The third-order valence-corrected chi connectivity index (χ3v) is 3.66. The average Bonchev–Trinajstić information content (AvgIpc) is 3.15. The molecule has 1 aromatic carbocycles. The Hall–Kier alpha value is -1.62. The lowest BCUT2D eigenvalue weighted by Gasteiger charge is -2.10. The first kappa shape index (κ1) is 14.8. The maximum absolute atomic E-state index is 11.8. The van der Waals surface area contributed by atoms with Crippen molar-refractivity contribution in [3.63, 3.8) is 0 Å². The molecule has 1 aromatic rings. The van der Waals surface area contributed by atoms with Crippen LogP contribution < -0.4 is 15.8 Å². The summed E-state index contributed by atoms with van der Waals surface area (Å²) in [5.41, 5.74) is 6.27. The lowest BCUT2D eigenvalue weighted by atomic mass is 10.2. The van der Waals surface area contributed by atoms with E-state index in [1.54, 1.807) is 12.1 Å². The van der Waals surface area contributed by atoms with Crippen LogP contribution in [-0.4, -0.2) is 23.5 Å². The molecular weight excluding hydrogens is 272 g/mol. The Morgan fingerprint density at radius 1 is 1.50 bits per heavy atom. The standard InChI is InChI=1S/C15H20N2O2S/c1-2-5-10-8-12(10)17-14(18)9-19-13-7-4-3-6-11(13)15(16)20/h3-4,6-7,10,12H,2,5,8-9H2,1H3,(H2,16,20)(H,17,18). The second-order valence-corrected chi connectivity index (χ2v) is 5.55. The first-order valence-electron chi connectivity index (χ1n) is 6.92. The minimum atomic E-state index is -0.0913. The Morgan fingerprint density at radius 2 is 2.25 bits per heavy atom. The highest BCUT2D eigenvalue weighted by atomic mass is 32.1. The SMILES string of the molecule is CCCC1CC1NC(=O)COc1ccccc1C(N)=S. The van der Waals surface area contributed by atoms with Crippen LogP contribution >= 0.6 is 12.2 Å². The number of nitrogens with one attached hydrogen (secondary N) is 1. The van der Waals surface area contributed by atoms with Crippen molar-refractivity contribution >= 4 is 23.1 Å². The van der Waals surface area contributed by atoms with E-state index >= 15 is 0 Å². The van der Waals surface area contributed by atoms with Crippen LogP contribution in [0.25, 0.3) is 0 Å². The molecule has 1 fully saturated rings. The van der Waals surface area contributed by atoms with Crippen LogP contribution in [0.5, 0.6) is 5.75 Å². The van der Waals surface area contributed by atoms with Gasteiger partial charge in [0.2, 0.25) is 0 Å². The van der Waals surface area contributed by atoms with Gasteiger partial charge in [0.05, 0.1) is 5.56 Å². The van der Waals surface area contributed by atoms with Gasteiger partial charge in [-0.05, 0) is 30.9 Å². The molecule has 0 spiro atoms. The lowest BCUT2D eigenvalue weighted by Crippen LogP contribution is -2.31. The monoisotopic (exact) mass is 292 g/mol. The van der Waals surface area contributed by atoms with Crippen molar-refractivity contribution in [1.82, 2.24) is 5.32 Å². The molecule has 20 heavy (non-hydrogen) atoms. The number of benzene rings is 1. The Bertz CT molecular complexity index is 504. The Kier molecular flexibility index (Phi) is 4.95. The van der Waals surface area contributed by atoms with E-state index in [1.165, 1.54) is 6.42 Å². The van der Waals surface area contributed by atoms with E-state index in [9.17, 15) is 4.79 Å². The fourth-order valence-corrected chi connectivity index (χ4v) is 2.47. The van der Waals surface area contributed by atoms with Crippen LogP contribution in [-0.2, 0) is 4.79 Å². The molecule has 1 saturated carbocycles. The number of ether oxygens (including phenoxy) is 1. The van der Waals surface area contributed by atoms with E-state index in [2.05, 4.69) is 12.2 Å². The van der Waals surface area contributed by atoms with Gasteiger partial charge in [0.15, 0.2) is 6.61 Å². The fraction of sp³-hybridized carbons (Fsp3) is 0.467. The summed E-state index contributed by atoms with van der Waals surface area (Å²) in [5, 5.41) is 2.98. The van der Waals surface area contributed by atoms with E-state index in [4.69, 9.17) is 22.7 Å². The third-order valence-electron chi connectivity index (χ3n) is 3.44. The molecule has 2 rings (SSSR count). The molecule has 0 aromatic heterocycles. The summed E-state index contributed by atoms with van der Waals surface area (Å²) in [6.07, 6.45) is 3.42.